The SMILES string of the molecule is Cc1c(Br)c(Br)c2cc(N3CCCC3C)n3c2c1CCC3. The number of nitrogens with zero attached hydrogens (tertiary/aromatic N) is 2. The van der Waals surface area contributed by atoms with Crippen LogP contribution in [0.15, 0.2) is 15.0 Å². The molecular weight excluding hydrogens is 392 g/mol. The maximum atomic E-state index is 3.81. The number of aromatic nitrogens is 1. The maximum absolute atomic E-state index is 3.81. The van der Waals surface area contributed by atoms with Crippen LogP contribution >= 0.6 is 31.9 Å². The second kappa shape index (κ2) is 5.02. The number of hydrogen-bond acceptors (Lipinski definition) is 1. The average Bonchev–Trinajstić information content (AvgIpc) is 3.07. The first-order valence-electron chi connectivity index (χ1n) is 7.86. The first-order valence-corrected chi connectivity index (χ1v) is 9.44. The maximum Gasteiger partial charge on any atom is 0.109 e. The fourth-order valence-corrected chi connectivity index (χ4v) is 5.13. The summed E-state index contributed by atoms with van der Waals surface area (Å²) in [5, 5.41) is 1.37. The van der Waals surface area contributed by atoms with Gasteiger partial charge in [0.2, 0.25) is 0 Å². The largest absolute Gasteiger partial charge is 0.355 e. The van der Waals surface area contributed by atoms with E-state index in [0.29, 0.717) is 6.04 Å². The predicted octanol–water partition coefficient (Wildman–Crippen LogP) is 5.41. The standard InChI is InChI=1S/C17H20Br2N2/c1-10-5-3-7-20(10)14-9-13-16(19)15(18)11(2)12-6-4-8-21(14)17(12)13/h9-10H,3-8H2,1-2H3. The summed E-state index contributed by atoms with van der Waals surface area (Å²) >= 11 is 7.59. The van der Waals surface area contributed by atoms with Crippen LogP contribution < -0.4 is 4.90 Å². The zero-order chi connectivity index (χ0) is 14.7. The Morgan fingerprint density at radius 1 is 1.14 bits per heavy atom. The molecule has 0 radical (unpaired) electrons. The molecule has 0 saturated carbocycles. The highest BCUT2D eigenvalue weighted by Gasteiger charge is 2.28. The normalized spacial score (nSPS) is 21.5. The lowest BCUT2D eigenvalue weighted by Crippen LogP contribution is -2.29. The van der Waals surface area contributed by atoms with Crippen LogP contribution in [-0.2, 0) is 13.0 Å². The number of hydrogen-bond donors (Lipinski definition) is 0. The highest BCUT2D eigenvalue weighted by atomic mass is 79.9. The van der Waals surface area contributed by atoms with Crippen molar-refractivity contribution in [3.05, 3.63) is 26.1 Å². The zero-order valence-corrected chi connectivity index (χ0v) is 15.7. The molecule has 112 valence electrons. The number of benzene rings is 1. The lowest BCUT2D eigenvalue weighted by Gasteiger charge is -2.27. The predicted molar refractivity (Wildman–Crippen MR) is 96.4 cm³/mol. The average molecular weight is 412 g/mol. The van der Waals surface area contributed by atoms with E-state index < -0.39 is 0 Å². The van der Waals surface area contributed by atoms with Crippen LogP contribution in [0.3, 0.4) is 0 Å². The van der Waals surface area contributed by atoms with Crippen molar-refractivity contribution in [3.8, 4) is 0 Å². The summed E-state index contributed by atoms with van der Waals surface area (Å²) < 4.78 is 5.01. The molecular formula is C17H20Br2N2. The van der Waals surface area contributed by atoms with Gasteiger partial charge in [0.25, 0.3) is 0 Å². The van der Waals surface area contributed by atoms with Crippen molar-refractivity contribution in [1.29, 1.82) is 0 Å². The third-order valence-corrected chi connectivity index (χ3v) is 7.57. The highest BCUT2D eigenvalue weighted by Crippen LogP contribution is 2.44. The number of aryl methyl sites for hydroxylation is 2. The second-order valence-corrected chi connectivity index (χ2v) is 8.02. The van der Waals surface area contributed by atoms with E-state index in [2.05, 4.69) is 61.2 Å². The molecule has 1 aromatic carbocycles. The van der Waals surface area contributed by atoms with Crippen LogP contribution in [-0.4, -0.2) is 17.2 Å². The van der Waals surface area contributed by atoms with Crippen LogP contribution in [0.5, 0.6) is 0 Å². The van der Waals surface area contributed by atoms with Gasteiger partial charge in [-0.15, -0.1) is 0 Å². The molecule has 0 N–H and O–H groups in total. The summed E-state index contributed by atoms with van der Waals surface area (Å²) in [6.07, 6.45) is 5.09. The Morgan fingerprint density at radius 2 is 1.95 bits per heavy atom. The molecule has 4 rings (SSSR count). The minimum Gasteiger partial charge on any atom is -0.355 e. The molecule has 0 bridgehead atoms. The smallest absolute Gasteiger partial charge is 0.109 e. The fourth-order valence-electron chi connectivity index (χ4n) is 4.08. The highest BCUT2D eigenvalue weighted by molar-refractivity contribution is 9.13. The van der Waals surface area contributed by atoms with Crippen LogP contribution in [0.4, 0.5) is 5.82 Å². The van der Waals surface area contributed by atoms with E-state index >= 15 is 0 Å². The molecule has 1 aromatic heterocycles. The minimum atomic E-state index is 0.666. The van der Waals surface area contributed by atoms with Gasteiger partial charge in [0, 0.05) is 33.5 Å². The van der Waals surface area contributed by atoms with E-state index in [1.54, 1.807) is 0 Å². The summed E-state index contributed by atoms with van der Waals surface area (Å²) in [4.78, 5) is 2.60. The molecule has 4 heteroatoms. The Labute approximate surface area is 142 Å². The minimum absolute atomic E-state index is 0.666. The lowest BCUT2D eigenvalue weighted by molar-refractivity contribution is 0.614. The fraction of sp³-hybridized carbons (Fsp3) is 0.529. The van der Waals surface area contributed by atoms with E-state index in [1.165, 1.54) is 69.0 Å². The van der Waals surface area contributed by atoms with Crippen LogP contribution in [0.2, 0.25) is 0 Å². The number of rotatable bonds is 1. The zero-order valence-electron chi connectivity index (χ0n) is 12.5. The van der Waals surface area contributed by atoms with E-state index in [4.69, 9.17) is 0 Å². The molecule has 2 aromatic rings. The van der Waals surface area contributed by atoms with Crippen molar-refractivity contribution in [3.63, 3.8) is 0 Å². The summed E-state index contributed by atoms with van der Waals surface area (Å²) in [5.74, 6) is 1.43. The monoisotopic (exact) mass is 410 g/mol. The molecule has 0 spiro atoms. The molecule has 2 aliphatic rings. The van der Waals surface area contributed by atoms with E-state index in [0.717, 1.165) is 6.54 Å². The van der Waals surface area contributed by atoms with Crippen LogP contribution in [0, 0.1) is 6.92 Å². The van der Waals surface area contributed by atoms with Gasteiger partial charge in [-0.3, -0.25) is 0 Å². The van der Waals surface area contributed by atoms with E-state index in [9.17, 15) is 0 Å². The topological polar surface area (TPSA) is 8.17 Å². The van der Waals surface area contributed by atoms with Gasteiger partial charge in [-0.2, -0.15) is 0 Å². The van der Waals surface area contributed by atoms with Gasteiger partial charge in [0.05, 0.1) is 5.52 Å². The summed E-state index contributed by atoms with van der Waals surface area (Å²) in [6, 6.07) is 3.07. The second-order valence-electron chi connectivity index (χ2n) is 6.44. The molecule has 1 saturated heterocycles. The number of halogens is 2. The van der Waals surface area contributed by atoms with E-state index in [-0.39, 0.29) is 0 Å². The van der Waals surface area contributed by atoms with Crippen molar-refractivity contribution in [2.24, 2.45) is 0 Å². The first-order chi connectivity index (χ1) is 10.1. The Bertz CT molecular complexity index is 732. The van der Waals surface area contributed by atoms with Gasteiger partial charge in [-0.1, -0.05) is 0 Å². The van der Waals surface area contributed by atoms with Gasteiger partial charge in [0.15, 0.2) is 0 Å². The molecule has 0 amide bonds. The molecule has 3 heterocycles. The molecule has 21 heavy (non-hydrogen) atoms. The van der Waals surface area contributed by atoms with Gasteiger partial charge in [-0.05, 0) is 88.6 Å². The molecule has 2 nitrogen and oxygen atoms in total. The summed E-state index contributed by atoms with van der Waals surface area (Å²) in [5.41, 5.74) is 4.39. The summed E-state index contributed by atoms with van der Waals surface area (Å²) in [6.45, 7) is 6.95. The van der Waals surface area contributed by atoms with Crippen molar-refractivity contribution >= 4 is 48.6 Å². The molecule has 1 unspecified atom stereocenters. The molecule has 2 aliphatic heterocycles. The Hall–Kier alpha value is -0.480. The first kappa shape index (κ1) is 14.1. The van der Waals surface area contributed by atoms with Gasteiger partial charge in [-0.25, -0.2) is 0 Å². The summed E-state index contributed by atoms with van der Waals surface area (Å²) in [7, 11) is 0. The number of anilines is 1. The molecule has 0 aliphatic carbocycles. The van der Waals surface area contributed by atoms with Crippen molar-refractivity contribution in [2.75, 3.05) is 11.4 Å². The lowest BCUT2D eigenvalue weighted by atomic mass is 9.98. The van der Waals surface area contributed by atoms with Crippen LogP contribution in [0.1, 0.15) is 37.3 Å². The van der Waals surface area contributed by atoms with E-state index in [1.807, 2.05) is 0 Å². The van der Waals surface area contributed by atoms with Crippen molar-refractivity contribution < 1.29 is 0 Å². The Kier molecular flexibility index (Phi) is 3.38. The van der Waals surface area contributed by atoms with Crippen LogP contribution in [0.25, 0.3) is 10.9 Å². The quantitative estimate of drug-likeness (QED) is 0.608. The van der Waals surface area contributed by atoms with Crippen molar-refractivity contribution in [2.45, 2.75) is 52.1 Å². The molecule has 1 fully saturated rings. The van der Waals surface area contributed by atoms with Crippen molar-refractivity contribution in [1.82, 2.24) is 4.57 Å². The third kappa shape index (κ3) is 1.94. The Morgan fingerprint density at radius 3 is 2.67 bits per heavy atom. The molecule has 1 atom stereocenters. The third-order valence-electron chi connectivity index (χ3n) is 5.23. The van der Waals surface area contributed by atoms with Gasteiger partial charge >= 0.3 is 0 Å². The van der Waals surface area contributed by atoms with Gasteiger partial charge in [0.1, 0.15) is 5.82 Å². The Balaban J connectivity index is 2.03. The van der Waals surface area contributed by atoms with Gasteiger partial charge < -0.3 is 9.47 Å².